The second kappa shape index (κ2) is 10.1. The highest BCUT2D eigenvalue weighted by molar-refractivity contribution is 7.22. The first-order valence-electron chi connectivity index (χ1n) is 8.34. The average Bonchev–Trinajstić information content (AvgIpc) is 3.18. The van der Waals surface area contributed by atoms with Crippen molar-refractivity contribution in [3.05, 3.63) is 38.5 Å². The van der Waals surface area contributed by atoms with E-state index in [1.54, 1.807) is 11.0 Å². The Bertz CT molecular complexity index is 959. The van der Waals surface area contributed by atoms with Gasteiger partial charge in [0.05, 0.1) is 21.2 Å². The molecule has 1 aromatic carbocycles. The summed E-state index contributed by atoms with van der Waals surface area (Å²) in [4.78, 5) is 21.6. The Morgan fingerprint density at radius 2 is 1.96 bits per heavy atom. The van der Waals surface area contributed by atoms with E-state index in [4.69, 9.17) is 32.9 Å². The third-order valence-electron chi connectivity index (χ3n) is 3.80. The maximum absolute atomic E-state index is 13.2. The summed E-state index contributed by atoms with van der Waals surface area (Å²) in [6.07, 6.45) is 0. The summed E-state index contributed by atoms with van der Waals surface area (Å²) in [6, 6.07) is 7.40. The number of ether oxygens (including phenoxy) is 1. The smallest absolute Gasteiger partial charge is 0.262 e. The van der Waals surface area contributed by atoms with Crippen LogP contribution in [-0.2, 0) is 0 Å². The van der Waals surface area contributed by atoms with Gasteiger partial charge in [0.25, 0.3) is 5.91 Å². The highest BCUT2D eigenvalue weighted by Crippen LogP contribution is 2.37. The van der Waals surface area contributed by atoms with Crippen molar-refractivity contribution in [2.75, 3.05) is 38.7 Å². The number of hydrogen-bond donors (Lipinski definition) is 0. The molecule has 0 saturated carbocycles. The summed E-state index contributed by atoms with van der Waals surface area (Å²) >= 11 is 14.9. The van der Waals surface area contributed by atoms with E-state index < -0.39 is 0 Å². The van der Waals surface area contributed by atoms with Crippen molar-refractivity contribution < 1.29 is 9.53 Å². The van der Waals surface area contributed by atoms with Crippen LogP contribution in [0.5, 0.6) is 5.75 Å². The van der Waals surface area contributed by atoms with Gasteiger partial charge in [-0.1, -0.05) is 40.6 Å². The molecule has 1 amide bonds. The number of halogens is 3. The monoisotopic (exact) mass is 479 g/mol. The van der Waals surface area contributed by atoms with E-state index in [2.05, 4.69) is 0 Å². The maximum Gasteiger partial charge on any atom is 0.262 e. The summed E-state index contributed by atoms with van der Waals surface area (Å²) in [7, 11) is 3.92. The summed E-state index contributed by atoms with van der Waals surface area (Å²) < 4.78 is 7.51. The first-order chi connectivity index (χ1) is 12.9. The van der Waals surface area contributed by atoms with Crippen LogP contribution in [0.1, 0.15) is 17.3 Å². The summed E-state index contributed by atoms with van der Waals surface area (Å²) in [5.74, 6) is 0.510. The number of thiazole rings is 1. The van der Waals surface area contributed by atoms with Gasteiger partial charge in [-0.3, -0.25) is 9.69 Å². The van der Waals surface area contributed by atoms with Crippen LogP contribution in [0.25, 0.3) is 10.2 Å². The maximum atomic E-state index is 13.2. The molecule has 0 N–H and O–H groups in total. The molecule has 152 valence electrons. The van der Waals surface area contributed by atoms with Crippen LogP contribution in [0.3, 0.4) is 0 Å². The van der Waals surface area contributed by atoms with Crippen LogP contribution < -0.4 is 9.64 Å². The van der Waals surface area contributed by atoms with E-state index in [1.165, 1.54) is 22.7 Å². The Labute approximate surface area is 188 Å². The van der Waals surface area contributed by atoms with Crippen LogP contribution in [0, 0.1) is 0 Å². The van der Waals surface area contributed by atoms with E-state index in [0.717, 1.165) is 10.2 Å². The lowest BCUT2D eigenvalue weighted by Gasteiger charge is -2.21. The van der Waals surface area contributed by atoms with Crippen molar-refractivity contribution in [3.63, 3.8) is 0 Å². The number of aromatic nitrogens is 1. The fraction of sp³-hybridized carbons (Fsp3) is 0.333. The predicted molar refractivity (Wildman–Crippen MR) is 123 cm³/mol. The lowest BCUT2D eigenvalue weighted by molar-refractivity contribution is 0.0986. The Morgan fingerprint density at radius 1 is 1.21 bits per heavy atom. The zero-order valence-corrected chi connectivity index (χ0v) is 19.5. The molecule has 3 aromatic rings. The number of carbonyl (C=O) groups is 1. The molecule has 2 aromatic heterocycles. The first-order valence-corrected chi connectivity index (χ1v) is 10.7. The molecule has 0 bridgehead atoms. The second-order valence-corrected chi connectivity index (χ2v) is 9.32. The first kappa shape index (κ1) is 23.2. The van der Waals surface area contributed by atoms with Crippen LogP contribution in [0.2, 0.25) is 8.67 Å². The van der Waals surface area contributed by atoms with Gasteiger partial charge in [0.1, 0.15) is 15.6 Å². The topological polar surface area (TPSA) is 45.7 Å². The Balaban J connectivity index is 0.00000280. The molecule has 10 heteroatoms. The Kier molecular flexibility index (Phi) is 8.36. The minimum absolute atomic E-state index is 0. The molecule has 0 radical (unpaired) electrons. The molecule has 0 atom stereocenters. The molecule has 28 heavy (non-hydrogen) atoms. The van der Waals surface area contributed by atoms with Crippen LogP contribution in [0.15, 0.2) is 24.3 Å². The average molecular weight is 481 g/mol. The molecule has 5 nitrogen and oxygen atoms in total. The number of anilines is 1. The highest BCUT2D eigenvalue weighted by atomic mass is 35.5. The van der Waals surface area contributed by atoms with Gasteiger partial charge in [-0.25, -0.2) is 4.98 Å². The number of carbonyl (C=O) groups excluding carboxylic acids is 1. The zero-order chi connectivity index (χ0) is 19.6. The second-order valence-electron chi connectivity index (χ2n) is 6.03. The minimum Gasteiger partial charge on any atom is -0.492 e. The van der Waals surface area contributed by atoms with E-state index in [-0.39, 0.29) is 18.3 Å². The van der Waals surface area contributed by atoms with Gasteiger partial charge >= 0.3 is 0 Å². The van der Waals surface area contributed by atoms with Crippen molar-refractivity contribution in [3.8, 4) is 5.75 Å². The predicted octanol–water partition coefficient (Wildman–Crippen LogP) is 5.69. The molecule has 0 aliphatic rings. The van der Waals surface area contributed by atoms with Crippen molar-refractivity contribution in [1.82, 2.24) is 9.88 Å². The standard InChI is InChI=1S/C18H19Cl2N3O2S2.ClH/c1-4-25-12-6-5-7-13-15(12)21-18(26-13)23(9-8-22(2)3)17(24)11-10-14(19)27-16(11)20;/h5-7,10H,4,8-9H2,1-3H3;1H. The van der Waals surface area contributed by atoms with Crippen LogP contribution in [0.4, 0.5) is 5.13 Å². The molecule has 3 rings (SSSR count). The quantitative estimate of drug-likeness (QED) is 0.435. The van der Waals surface area contributed by atoms with E-state index in [9.17, 15) is 4.79 Å². The van der Waals surface area contributed by atoms with Gasteiger partial charge in [0.15, 0.2) is 5.13 Å². The SMILES string of the molecule is CCOc1cccc2sc(N(CCN(C)C)C(=O)c3cc(Cl)sc3Cl)nc12.Cl. The van der Waals surface area contributed by atoms with Gasteiger partial charge in [-0.05, 0) is 39.2 Å². The molecular formula is C18H20Cl3N3O2S2. The number of hydrogen-bond acceptors (Lipinski definition) is 6. The van der Waals surface area contributed by atoms with E-state index in [1.807, 2.05) is 44.1 Å². The van der Waals surface area contributed by atoms with Crippen LogP contribution in [-0.4, -0.2) is 49.6 Å². The minimum atomic E-state index is -0.206. The molecule has 0 saturated heterocycles. The van der Waals surface area contributed by atoms with Crippen molar-refractivity contribution in [1.29, 1.82) is 0 Å². The summed E-state index contributed by atoms with van der Waals surface area (Å²) in [6.45, 7) is 3.66. The molecule has 0 spiro atoms. The number of rotatable bonds is 7. The highest BCUT2D eigenvalue weighted by Gasteiger charge is 2.25. The Hall–Kier alpha value is -1.09. The summed E-state index contributed by atoms with van der Waals surface area (Å²) in [5.41, 5.74) is 1.16. The van der Waals surface area contributed by atoms with Crippen molar-refractivity contribution in [2.24, 2.45) is 0 Å². The number of amides is 1. The van der Waals surface area contributed by atoms with Gasteiger partial charge in [-0.2, -0.15) is 0 Å². The summed E-state index contributed by atoms with van der Waals surface area (Å²) in [5, 5.41) is 0.613. The molecule has 0 unspecified atom stereocenters. The van der Waals surface area contributed by atoms with E-state index >= 15 is 0 Å². The fourth-order valence-corrected chi connectivity index (χ4v) is 4.97. The number of fused-ring (bicyclic) bond motifs is 1. The number of thiophene rings is 1. The van der Waals surface area contributed by atoms with Crippen molar-refractivity contribution in [2.45, 2.75) is 6.92 Å². The molecular weight excluding hydrogens is 461 g/mol. The zero-order valence-electron chi connectivity index (χ0n) is 15.6. The lowest BCUT2D eigenvalue weighted by atomic mass is 10.3. The van der Waals surface area contributed by atoms with Gasteiger partial charge in [0, 0.05) is 13.1 Å². The molecule has 0 aliphatic heterocycles. The van der Waals surface area contributed by atoms with Crippen LogP contribution >= 0.6 is 58.3 Å². The van der Waals surface area contributed by atoms with Gasteiger partial charge in [-0.15, -0.1) is 23.7 Å². The number of benzene rings is 1. The largest absolute Gasteiger partial charge is 0.492 e. The number of likely N-dealkylation sites (N-methyl/N-ethyl adjacent to an activating group) is 1. The molecule has 2 heterocycles. The third-order valence-corrected chi connectivity index (χ3v) is 6.34. The fourth-order valence-electron chi connectivity index (χ4n) is 2.51. The van der Waals surface area contributed by atoms with Gasteiger partial charge in [0.2, 0.25) is 0 Å². The number of nitrogens with zero attached hydrogens (tertiary/aromatic N) is 3. The third kappa shape index (κ3) is 5.09. The Morgan fingerprint density at radius 3 is 2.57 bits per heavy atom. The number of para-hydroxylation sites is 1. The lowest BCUT2D eigenvalue weighted by Crippen LogP contribution is -2.36. The normalized spacial score (nSPS) is 10.9. The molecule has 0 aliphatic carbocycles. The molecule has 0 fully saturated rings. The van der Waals surface area contributed by atoms with Crippen molar-refractivity contribution >= 4 is 79.5 Å². The van der Waals surface area contributed by atoms with E-state index in [0.29, 0.717) is 44.8 Å². The van der Waals surface area contributed by atoms with Gasteiger partial charge < -0.3 is 9.64 Å².